The van der Waals surface area contributed by atoms with Crippen LogP contribution >= 0.6 is 0 Å². The first-order chi connectivity index (χ1) is 13.6. The fraction of sp³-hybridized carbons (Fsp3) is 0.435. The Labute approximate surface area is 171 Å². The molecule has 0 bridgehead atoms. The number of para-hydroxylation sites is 1. The maximum Gasteiger partial charge on any atom is 0.224 e. The summed E-state index contributed by atoms with van der Waals surface area (Å²) in [4.78, 5) is 21.3. The van der Waals surface area contributed by atoms with Crippen molar-refractivity contribution in [3.63, 3.8) is 0 Å². The average Bonchev–Trinajstić information content (AvgIpc) is 2.99. The molecule has 6 nitrogen and oxygen atoms in total. The summed E-state index contributed by atoms with van der Waals surface area (Å²) in [6.07, 6.45) is 5.62. The zero-order valence-electron chi connectivity index (χ0n) is 17.8. The van der Waals surface area contributed by atoms with E-state index < -0.39 is 0 Å². The topological polar surface area (TPSA) is 71.8 Å². The number of anilines is 1. The number of benzene rings is 1. The van der Waals surface area contributed by atoms with Crippen molar-refractivity contribution in [1.82, 2.24) is 19.9 Å². The van der Waals surface area contributed by atoms with Crippen molar-refractivity contribution < 1.29 is 4.79 Å². The van der Waals surface area contributed by atoms with Gasteiger partial charge in [-0.3, -0.25) is 4.79 Å². The van der Waals surface area contributed by atoms with Gasteiger partial charge in [0.2, 0.25) is 5.95 Å². The van der Waals surface area contributed by atoms with E-state index >= 15 is 0 Å². The molecule has 0 saturated carbocycles. The lowest BCUT2D eigenvalue weighted by atomic mass is 9.80. The molecule has 1 fully saturated rings. The van der Waals surface area contributed by atoms with Gasteiger partial charge in [-0.2, -0.15) is 4.98 Å². The number of piperidine rings is 1. The first-order valence-corrected chi connectivity index (χ1v) is 10.1. The molecule has 1 aliphatic heterocycles. The van der Waals surface area contributed by atoms with Crippen LogP contribution in [-0.2, 0) is 0 Å². The van der Waals surface area contributed by atoms with Crippen molar-refractivity contribution in [3.8, 4) is 5.82 Å². The van der Waals surface area contributed by atoms with Gasteiger partial charge >= 0.3 is 0 Å². The summed E-state index contributed by atoms with van der Waals surface area (Å²) in [6.45, 7) is 10.5. The Kier molecular flexibility index (Phi) is 4.69. The molecule has 152 valence electrons. The van der Waals surface area contributed by atoms with Crippen LogP contribution in [0.4, 0.5) is 5.95 Å². The van der Waals surface area contributed by atoms with Crippen molar-refractivity contribution in [3.05, 3.63) is 48.3 Å². The average molecular weight is 392 g/mol. The van der Waals surface area contributed by atoms with Crippen LogP contribution in [0.5, 0.6) is 0 Å². The number of hydrogen-bond donors (Lipinski definition) is 2. The molecule has 1 saturated heterocycles. The van der Waals surface area contributed by atoms with E-state index in [1.165, 1.54) is 0 Å². The smallest absolute Gasteiger partial charge is 0.224 e. The molecular formula is C23H29N5O. The van der Waals surface area contributed by atoms with Crippen LogP contribution in [0.3, 0.4) is 0 Å². The Morgan fingerprint density at radius 1 is 1.14 bits per heavy atom. The van der Waals surface area contributed by atoms with Gasteiger partial charge in [-0.1, -0.05) is 18.2 Å². The summed E-state index contributed by atoms with van der Waals surface area (Å²) in [5, 5.41) is 8.18. The standard InChI is InChI=1S/C23H29N5O/c1-15(29)18-14-28(19-9-7-6-8-17(18)19)20-10-11-24-21(26-20)25-16-12-22(2,3)27-23(4,5)13-16/h6-11,14,16,27H,12-13H2,1-5H3,(H,24,25,26). The monoisotopic (exact) mass is 391 g/mol. The second kappa shape index (κ2) is 6.95. The summed E-state index contributed by atoms with van der Waals surface area (Å²) in [5.41, 5.74) is 1.76. The van der Waals surface area contributed by atoms with Crippen LogP contribution in [0.15, 0.2) is 42.7 Å². The van der Waals surface area contributed by atoms with Gasteiger partial charge < -0.3 is 15.2 Å². The van der Waals surface area contributed by atoms with Crippen molar-refractivity contribution in [2.75, 3.05) is 5.32 Å². The van der Waals surface area contributed by atoms with E-state index in [4.69, 9.17) is 4.98 Å². The van der Waals surface area contributed by atoms with Crippen LogP contribution in [-0.4, -0.2) is 37.4 Å². The minimum atomic E-state index is 0.0457. The number of hydrogen-bond acceptors (Lipinski definition) is 5. The van der Waals surface area contributed by atoms with Gasteiger partial charge in [-0.15, -0.1) is 0 Å². The highest BCUT2D eigenvalue weighted by Gasteiger charge is 2.37. The third kappa shape index (κ3) is 4.03. The summed E-state index contributed by atoms with van der Waals surface area (Å²) in [7, 11) is 0. The van der Waals surface area contributed by atoms with Gasteiger partial charge in [-0.25, -0.2) is 4.98 Å². The molecule has 0 amide bonds. The minimum Gasteiger partial charge on any atom is -0.351 e. The third-order valence-electron chi connectivity index (χ3n) is 5.50. The predicted octanol–water partition coefficient (Wildman–Crippen LogP) is 4.34. The molecule has 3 aromatic rings. The van der Waals surface area contributed by atoms with Crippen LogP contribution in [0.25, 0.3) is 16.7 Å². The van der Waals surface area contributed by atoms with E-state index in [1.807, 2.05) is 41.1 Å². The summed E-state index contributed by atoms with van der Waals surface area (Å²) < 4.78 is 1.97. The number of rotatable bonds is 4. The van der Waals surface area contributed by atoms with Crippen LogP contribution in [0, 0.1) is 0 Å². The lowest BCUT2D eigenvalue weighted by molar-refractivity contribution is 0.101. The second-order valence-corrected chi connectivity index (χ2v) is 9.37. The largest absolute Gasteiger partial charge is 0.351 e. The summed E-state index contributed by atoms with van der Waals surface area (Å²) in [5.74, 6) is 1.41. The molecule has 0 radical (unpaired) electrons. The minimum absolute atomic E-state index is 0.0457. The molecule has 4 rings (SSSR count). The van der Waals surface area contributed by atoms with Crippen LogP contribution in [0.2, 0.25) is 0 Å². The normalized spacial score (nSPS) is 18.7. The molecule has 0 atom stereocenters. The van der Waals surface area contributed by atoms with Crippen LogP contribution in [0.1, 0.15) is 57.8 Å². The number of carbonyl (C=O) groups excluding carboxylic acids is 1. The predicted molar refractivity (Wildman–Crippen MR) is 117 cm³/mol. The van der Waals surface area contributed by atoms with E-state index in [-0.39, 0.29) is 22.9 Å². The molecule has 0 spiro atoms. The highest BCUT2D eigenvalue weighted by atomic mass is 16.1. The Balaban J connectivity index is 1.67. The molecule has 1 aromatic carbocycles. The molecule has 0 aliphatic carbocycles. The van der Waals surface area contributed by atoms with Crippen molar-refractivity contribution in [2.45, 2.75) is 64.6 Å². The van der Waals surface area contributed by atoms with Gasteiger partial charge in [0.05, 0.1) is 5.52 Å². The van der Waals surface area contributed by atoms with Gasteiger partial charge in [0.25, 0.3) is 0 Å². The molecule has 2 N–H and O–H groups in total. The Hall–Kier alpha value is -2.73. The number of nitrogens with zero attached hydrogens (tertiary/aromatic N) is 3. The fourth-order valence-electron chi connectivity index (χ4n) is 4.81. The molecule has 6 heteroatoms. The quantitative estimate of drug-likeness (QED) is 0.647. The Morgan fingerprint density at radius 3 is 2.52 bits per heavy atom. The van der Waals surface area contributed by atoms with Gasteiger partial charge in [0.1, 0.15) is 5.82 Å². The number of Topliss-reactive ketones (excluding diaryl/α,β-unsaturated/α-hetero) is 1. The van der Waals surface area contributed by atoms with E-state index in [2.05, 4.69) is 43.3 Å². The maximum atomic E-state index is 12.1. The fourth-order valence-corrected chi connectivity index (χ4v) is 4.81. The molecule has 29 heavy (non-hydrogen) atoms. The van der Waals surface area contributed by atoms with Gasteiger partial charge in [0.15, 0.2) is 5.78 Å². The number of carbonyl (C=O) groups is 1. The molecule has 0 unspecified atom stereocenters. The molecular weight excluding hydrogens is 362 g/mol. The van der Waals surface area contributed by atoms with Gasteiger partial charge in [-0.05, 0) is 59.6 Å². The first kappa shape index (κ1) is 19.6. The van der Waals surface area contributed by atoms with Crippen molar-refractivity contribution >= 4 is 22.6 Å². The second-order valence-electron chi connectivity index (χ2n) is 9.37. The Bertz CT molecular complexity index is 1050. The molecule has 2 aromatic heterocycles. The first-order valence-electron chi connectivity index (χ1n) is 10.1. The highest BCUT2D eigenvalue weighted by molar-refractivity contribution is 6.07. The number of ketones is 1. The van der Waals surface area contributed by atoms with Crippen molar-refractivity contribution in [2.24, 2.45) is 0 Å². The van der Waals surface area contributed by atoms with Gasteiger partial charge in [0, 0.05) is 40.5 Å². The zero-order valence-corrected chi connectivity index (χ0v) is 17.8. The third-order valence-corrected chi connectivity index (χ3v) is 5.50. The zero-order chi connectivity index (χ0) is 20.8. The molecule has 1 aliphatic rings. The van der Waals surface area contributed by atoms with Crippen molar-refractivity contribution in [1.29, 1.82) is 0 Å². The number of nitrogens with one attached hydrogen (secondary N) is 2. The number of fused-ring (bicyclic) bond motifs is 1. The summed E-state index contributed by atoms with van der Waals surface area (Å²) >= 11 is 0. The number of aromatic nitrogens is 3. The van der Waals surface area contributed by atoms with E-state index in [0.717, 1.165) is 29.6 Å². The maximum absolute atomic E-state index is 12.1. The highest BCUT2D eigenvalue weighted by Crippen LogP contribution is 2.30. The van der Waals surface area contributed by atoms with E-state index in [1.54, 1.807) is 13.1 Å². The van der Waals surface area contributed by atoms with Crippen LogP contribution < -0.4 is 10.6 Å². The van der Waals surface area contributed by atoms with E-state index in [9.17, 15) is 4.79 Å². The summed E-state index contributed by atoms with van der Waals surface area (Å²) in [6, 6.07) is 10.1. The van der Waals surface area contributed by atoms with E-state index in [0.29, 0.717) is 11.5 Å². The Morgan fingerprint density at radius 2 is 1.83 bits per heavy atom. The lowest BCUT2D eigenvalue weighted by Crippen LogP contribution is -2.60. The SMILES string of the molecule is CC(=O)c1cn(-c2ccnc(NC3CC(C)(C)NC(C)(C)C3)n2)c2ccccc12. The molecule has 3 heterocycles. The lowest BCUT2D eigenvalue weighted by Gasteiger charge is -2.46.